The standard InChI is InChI=1S/C17H25N3O/c18-14-8-4-7-13(9-14)17(21)20-10-15(16(19)11-20)12-5-2-1-3-6-12/h1-3,5-6,13-16H,4,7-11,18-19H2/t13?,14?,15-,16+/m0/s1. The molecule has 1 aliphatic heterocycles. The van der Waals surface area contributed by atoms with Crippen LogP contribution in [0.1, 0.15) is 37.2 Å². The quantitative estimate of drug-likeness (QED) is 0.865. The summed E-state index contributed by atoms with van der Waals surface area (Å²) >= 11 is 0. The number of nitrogens with two attached hydrogens (primary N) is 2. The van der Waals surface area contributed by atoms with Crippen LogP contribution in [0.4, 0.5) is 0 Å². The summed E-state index contributed by atoms with van der Waals surface area (Å²) in [6, 6.07) is 10.5. The molecule has 2 fully saturated rings. The molecule has 1 aromatic rings. The highest BCUT2D eigenvalue weighted by Gasteiger charge is 2.37. The Labute approximate surface area is 126 Å². The summed E-state index contributed by atoms with van der Waals surface area (Å²) in [6.07, 6.45) is 3.93. The molecule has 1 aliphatic carbocycles. The second-order valence-corrected chi connectivity index (χ2v) is 6.55. The normalized spacial score (nSPS) is 33.1. The molecule has 114 valence electrons. The minimum Gasteiger partial charge on any atom is -0.340 e. The van der Waals surface area contributed by atoms with Gasteiger partial charge in [-0.05, 0) is 24.8 Å². The predicted molar refractivity (Wildman–Crippen MR) is 83.7 cm³/mol. The zero-order valence-corrected chi connectivity index (χ0v) is 12.4. The van der Waals surface area contributed by atoms with Gasteiger partial charge in [-0.1, -0.05) is 36.8 Å². The van der Waals surface area contributed by atoms with E-state index in [-0.39, 0.29) is 29.8 Å². The van der Waals surface area contributed by atoms with Gasteiger partial charge in [0.15, 0.2) is 0 Å². The van der Waals surface area contributed by atoms with Gasteiger partial charge in [0, 0.05) is 37.0 Å². The Bertz CT molecular complexity index is 490. The Morgan fingerprint density at radius 3 is 2.57 bits per heavy atom. The van der Waals surface area contributed by atoms with Gasteiger partial charge < -0.3 is 16.4 Å². The molecule has 0 bridgehead atoms. The Balaban J connectivity index is 1.66. The number of amides is 1. The van der Waals surface area contributed by atoms with Gasteiger partial charge in [0.25, 0.3) is 0 Å². The van der Waals surface area contributed by atoms with Crippen LogP contribution in [-0.4, -0.2) is 36.0 Å². The summed E-state index contributed by atoms with van der Waals surface area (Å²) in [5.74, 6) is 0.627. The van der Waals surface area contributed by atoms with E-state index >= 15 is 0 Å². The fourth-order valence-corrected chi connectivity index (χ4v) is 3.77. The molecule has 2 unspecified atom stereocenters. The van der Waals surface area contributed by atoms with E-state index in [4.69, 9.17) is 11.5 Å². The molecule has 4 N–H and O–H groups in total. The Hall–Kier alpha value is -1.39. The Kier molecular flexibility index (Phi) is 4.27. The molecule has 0 aromatic heterocycles. The van der Waals surface area contributed by atoms with Crippen LogP contribution in [0.3, 0.4) is 0 Å². The van der Waals surface area contributed by atoms with Gasteiger partial charge in [-0.15, -0.1) is 0 Å². The van der Waals surface area contributed by atoms with E-state index in [0.717, 1.165) is 32.2 Å². The zero-order valence-electron chi connectivity index (χ0n) is 12.4. The van der Waals surface area contributed by atoms with Gasteiger partial charge in [0.05, 0.1) is 0 Å². The number of carbonyl (C=O) groups excluding carboxylic acids is 1. The maximum Gasteiger partial charge on any atom is 0.225 e. The number of nitrogens with zero attached hydrogens (tertiary/aromatic N) is 1. The highest BCUT2D eigenvalue weighted by atomic mass is 16.2. The molecule has 4 atom stereocenters. The van der Waals surface area contributed by atoms with Crippen LogP contribution < -0.4 is 11.5 Å². The Morgan fingerprint density at radius 1 is 1.10 bits per heavy atom. The molecule has 21 heavy (non-hydrogen) atoms. The minimum atomic E-state index is 0.0358. The first-order chi connectivity index (χ1) is 10.1. The molecule has 4 heteroatoms. The van der Waals surface area contributed by atoms with Gasteiger partial charge in [0.1, 0.15) is 0 Å². The van der Waals surface area contributed by atoms with Crippen molar-refractivity contribution >= 4 is 5.91 Å². The van der Waals surface area contributed by atoms with E-state index in [0.29, 0.717) is 6.54 Å². The summed E-state index contributed by atoms with van der Waals surface area (Å²) in [4.78, 5) is 14.6. The van der Waals surface area contributed by atoms with Crippen molar-refractivity contribution in [3.8, 4) is 0 Å². The van der Waals surface area contributed by atoms with Crippen molar-refractivity contribution in [2.24, 2.45) is 17.4 Å². The lowest BCUT2D eigenvalue weighted by molar-refractivity contribution is -0.135. The van der Waals surface area contributed by atoms with Gasteiger partial charge in [0.2, 0.25) is 5.91 Å². The molecule has 3 rings (SSSR count). The molecule has 0 spiro atoms. The van der Waals surface area contributed by atoms with Crippen LogP contribution in [0.5, 0.6) is 0 Å². The highest BCUT2D eigenvalue weighted by molar-refractivity contribution is 5.79. The van der Waals surface area contributed by atoms with Crippen LogP contribution in [0.2, 0.25) is 0 Å². The minimum absolute atomic E-state index is 0.0358. The Morgan fingerprint density at radius 2 is 1.86 bits per heavy atom. The number of rotatable bonds is 2. The third-order valence-electron chi connectivity index (χ3n) is 4.97. The molecule has 1 heterocycles. The van der Waals surface area contributed by atoms with Crippen LogP contribution in [0, 0.1) is 5.92 Å². The van der Waals surface area contributed by atoms with Gasteiger partial charge in [-0.3, -0.25) is 4.79 Å². The molecular formula is C17H25N3O. The summed E-state index contributed by atoms with van der Waals surface area (Å²) in [5, 5.41) is 0. The largest absolute Gasteiger partial charge is 0.340 e. The second-order valence-electron chi connectivity index (χ2n) is 6.55. The van der Waals surface area contributed by atoms with E-state index in [2.05, 4.69) is 12.1 Å². The van der Waals surface area contributed by atoms with Crippen molar-refractivity contribution < 1.29 is 4.79 Å². The highest BCUT2D eigenvalue weighted by Crippen LogP contribution is 2.30. The molecule has 4 nitrogen and oxygen atoms in total. The average Bonchev–Trinajstić information content (AvgIpc) is 2.89. The summed E-state index contributed by atoms with van der Waals surface area (Å²) in [7, 11) is 0. The maximum absolute atomic E-state index is 12.7. The van der Waals surface area contributed by atoms with Crippen LogP contribution in [-0.2, 0) is 4.79 Å². The zero-order chi connectivity index (χ0) is 14.8. The first kappa shape index (κ1) is 14.5. The van der Waals surface area contributed by atoms with Crippen molar-refractivity contribution in [1.82, 2.24) is 4.90 Å². The molecule has 1 aromatic carbocycles. The van der Waals surface area contributed by atoms with Crippen molar-refractivity contribution in [3.63, 3.8) is 0 Å². The van der Waals surface area contributed by atoms with Gasteiger partial charge in [-0.2, -0.15) is 0 Å². The lowest BCUT2D eigenvalue weighted by Crippen LogP contribution is -2.40. The summed E-state index contributed by atoms with van der Waals surface area (Å²) in [5.41, 5.74) is 13.5. The lowest BCUT2D eigenvalue weighted by atomic mass is 9.85. The fourth-order valence-electron chi connectivity index (χ4n) is 3.77. The topological polar surface area (TPSA) is 72.4 Å². The first-order valence-corrected chi connectivity index (χ1v) is 8.00. The van der Waals surface area contributed by atoms with Crippen LogP contribution in [0.25, 0.3) is 0 Å². The first-order valence-electron chi connectivity index (χ1n) is 8.00. The van der Waals surface area contributed by atoms with Crippen LogP contribution in [0.15, 0.2) is 30.3 Å². The van der Waals surface area contributed by atoms with Crippen molar-refractivity contribution in [2.45, 2.75) is 43.7 Å². The number of hydrogen-bond acceptors (Lipinski definition) is 3. The monoisotopic (exact) mass is 287 g/mol. The number of benzene rings is 1. The molecule has 1 saturated heterocycles. The van der Waals surface area contributed by atoms with E-state index in [1.807, 2.05) is 23.1 Å². The van der Waals surface area contributed by atoms with Crippen molar-refractivity contribution in [2.75, 3.05) is 13.1 Å². The number of carbonyl (C=O) groups is 1. The van der Waals surface area contributed by atoms with Crippen molar-refractivity contribution in [1.29, 1.82) is 0 Å². The summed E-state index contributed by atoms with van der Waals surface area (Å²) < 4.78 is 0. The van der Waals surface area contributed by atoms with E-state index in [1.165, 1.54) is 5.56 Å². The van der Waals surface area contributed by atoms with E-state index < -0.39 is 0 Å². The molecule has 1 amide bonds. The number of hydrogen-bond donors (Lipinski definition) is 2. The van der Waals surface area contributed by atoms with Crippen LogP contribution >= 0.6 is 0 Å². The second kappa shape index (κ2) is 6.16. The SMILES string of the molecule is NC1CCCC(C(=O)N2C[C@@H](N)[C@H](c3ccccc3)C2)C1. The fraction of sp³-hybridized carbons (Fsp3) is 0.588. The van der Waals surface area contributed by atoms with Gasteiger partial charge in [-0.25, -0.2) is 0 Å². The lowest BCUT2D eigenvalue weighted by Gasteiger charge is -2.29. The van der Waals surface area contributed by atoms with Crippen molar-refractivity contribution in [3.05, 3.63) is 35.9 Å². The van der Waals surface area contributed by atoms with E-state index in [9.17, 15) is 4.79 Å². The maximum atomic E-state index is 12.7. The third kappa shape index (κ3) is 3.11. The van der Waals surface area contributed by atoms with E-state index in [1.54, 1.807) is 0 Å². The predicted octanol–water partition coefficient (Wildman–Crippen LogP) is 1.46. The molecular weight excluding hydrogens is 262 g/mol. The molecule has 1 saturated carbocycles. The third-order valence-corrected chi connectivity index (χ3v) is 4.97. The number of likely N-dealkylation sites (tertiary alicyclic amines) is 1. The molecule has 0 radical (unpaired) electrons. The summed E-state index contributed by atoms with van der Waals surface area (Å²) in [6.45, 7) is 1.42. The smallest absolute Gasteiger partial charge is 0.225 e. The molecule has 2 aliphatic rings. The van der Waals surface area contributed by atoms with Gasteiger partial charge >= 0.3 is 0 Å². The average molecular weight is 287 g/mol.